The van der Waals surface area contributed by atoms with Crippen molar-refractivity contribution in [3.63, 3.8) is 0 Å². The summed E-state index contributed by atoms with van der Waals surface area (Å²) in [4.78, 5) is 28.2. The standard InChI is InChI=1S/C27H29N5O3.2C2HF3O2/c28-25(29)30-15-4-5-16-17-11-27(34)20-9-14-3-6-19(33)23-21(14)26(27,7-8-32(20)12-13-1-2-13)24(35-23)22(17)31-18(16)10-15;2*3-2(4,5)1(6)7/h3-6,10,13,20,24,31,33-34H,1-2,7-9,11-12H2,(H4,28,29,30);2*(H,6,7)/t20-,24+,26+,27-;;/m1../s1. The summed E-state index contributed by atoms with van der Waals surface area (Å²) in [5, 5.41) is 38.9. The zero-order valence-corrected chi connectivity index (χ0v) is 25.4. The van der Waals surface area contributed by atoms with E-state index < -0.39 is 35.3 Å². The average Bonchev–Trinajstić information content (AvgIpc) is 3.63. The molecule has 2 bridgehead atoms. The molecule has 0 radical (unpaired) electrons. The molecular weight excluding hydrogens is 668 g/mol. The van der Waals surface area contributed by atoms with Crippen LogP contribution in [0.2, 0.25) is 0 Å². The molecule has 2 aliphatic heterocycles. The highest BCUT2D eigenvalue weighted by Crippen LogP contribution is 2.69. The number of likely N-dealkylation sites (tertiary alicyclic amines) is 1. The number of rotatable bonds is 3. The Hall–Kier alpha value is -4.71. The SMILES string of the molecule is NC(N)=Nc1ccc2c3c([nH]c2c1)[C@@H]1Oc2c(O)ccc4c2[C@@]12CCN(CC1CC1)[C@H](C4)[C@]2(O)C3.O=C(O)C(F)(F)F.O=C(O)C(F)(F)F. The Balaban J connectivity index is 0.000000253. The number of halogens is 6. The van der Waals surface area contributed by atoms with Crippen molar-refractivity contribution in [1.82, 2.24) is 9.88 Å². The summed E-state index contributed by atoms with van der Waals surface area (Å²) in [6.07, 6.45) is -5.85. The molecule has 3 heterocycles. The van der Waals surface area contributed by atoms with Gasteiger partial charge in [-0.15, -0.1) is 0 Å². The molecule has 264 valence electrons. The first-order chi connectivity index (χ1) is 22.8. The van der Waals surface area contributed by atoms with Crippen molar-refractivity contribution in [3.05, 3.63) is 52.7 Å². The highest BCUT2D eigenvalue weighted by atomic mass is 19.4. The second-order valence-electron chi connectivity index (χ2n) is 12.8. The number of piperidine rings is 1. The maximum atomic E-state index is 12.8. The molecule has 5 aliphatic rings. The Kier molecular flexibility index (Phi) is 7.97. The van der Waals surface area contributed by atoms with Crippen molar-refractivity contribution >= 4 is 34.5 Å². The second kappa shape index (κ2) is 11.4. The lowest BCUT2D eigenvalue weighted by atomic mass is 9.49. The molecule has 9 N–H and O–H groups in total. The maximum Gasteiger partial charge on any atom is 0.490 e. The smallest absolute Gasteiger partial charge is 0.490 e. The Morgan fingerprint density at radius 3 is 2.24 bits per heavy atom. The van der Waals surface area contributed by atoms with Gasteiger partial charge in [-0.25, -0.2) is 14.6 Å². The van der Waals surface area contributed by atoms with E-state index in [1.165, 1.54) is 18.4 Å². The van der Waals surface area contributed by atoms with Gasteiger partial charge in [-0.05, 0) is 67.5 Å². The highest BCUT2D eigenvalue weighted by Gasteiger charge is 2.72. The van der Waals surface area contributed by atoms with E-state index in [-0.39, 0.29) is 23.9 Å². The molecule has 8 rings (SSSR count). The predicted molar refractivity (Wildman–Crippen MR) is 159 cm³/mol. The van der Waals surface area contributed by atoms with Crippen molar-refractivity contribution in [2.24, 2.45) is 22.4 Å². The number of aromatic amines is 1. The van der Waals surface area contributed by atoms with Crippen LogP contribution in [-0.4, -0.2) is 85.3 Å². The average molecular weight is 700 g/mol. The van der Waals surface area contributed by atoms with E-state index in [0.717, 1.165) is 59.6 Å². The number of benzene rings is 2. The number of phenolic OH excluding ortho intramolecular Hbond substituents is 1. The number of ether oxygens (including phenoxy) is 1. The topological polar surface area (TPSA) is 208 Å². The fraction of sp³-hybridized carbons (Fsp3) is 0.452. The summed E-state index contributed by atoms with van der Waals surface area (Å²) >= 11 is 0. The van der Waals surface area contributed by atoms with Crippen LogP contribution in [0.4, 0.5) is 32.0 Å². The summed E-state index contributed by atoms with van der Waals surface area (Å²) < 4.78 is 70.1. The molecule has 0 amide bonds. The van der Waals surface area contributed by atoms with E-state index in [1.807, 2.05) is 24.3 Å². The quantitative estimate of drug-likeness (QED) is 0.120. The molecule has 0 unspecified atom stereocenters. The number of aromatic hydroxyl groups is 1. The van der Waals surface area contributed by atoms with E-state index >= 15 is 0 Å². The van der Waals surface area contributed by atoms with Crippen LogP contribution in [0.25, 0.3) is 10.9 Å². The maximum absolute atomic E-state index is 12.8. The highest BCUT2D eigenvalue weighted by molar-refractivity contribution is 5.90. The van der Waals surface area contributed by atoms with Crippen molar-refractivity contribution in [2.75, 3.05) is 13.1 Å². The molecule has 12 nitrogen and oxygen atoms in total. The molecule has 49 heavy (non-hydrogen) atoms. The molecule has 4 atom stereocenters. The van der Waals surface area contributed by atoms with Gasteiger partial charge in [-0.3, -0.25) is 4.90 Å². The van der Waals surface area contributed by atoms with Crippen LogP contribution in [0.5, 0.6) is 11.5 Å². The number of hydrogen-bond acceptors (Lipinski definition) is 7. The van der Waals surface area contributed by atoms with Gasteiger partial charge in [-0.2, -0.15) is 26.3 Å². The summed E-state index contributed by atoms with van der Waals surface area (Å²) in [5.41, 5.74) is 15.5. The van der Waals surface area contributed by atoms with Crippen LogP contribution in [0.3, 0.4) is 0 Å². The van der Waals surface area contributed by atoms with Crippen LogP contribution in [-0.2, 0) is 27.8 Å². The molecular formula is C31H31F6N5O7. The third-order valence-corrected chi connectivity index (χ3v) is 9.89. The zero-order valence-electron chi connectivity index (χ0n) is 25.4. The van der Waals surface area contributed by atoms with Crippen LogP contribution in [0.15, 0.2) is 35.3 Å². The molecule has 18 heteroatoms. The largest absolute Gasteiger partial charge is 0.504 e. The van der Waals surface area contributed by atoms with Gasteiger partial charge in [0.05, 0.1) is 22.4 Å². The number of aliphatic imine (C=N–C) groups is 1. The lowest BCUT2D eigenvalue weighted by Crippen LogP contribution is -2.74. The van der Waals surface area contributed by atoms with Crippen LogP contribution in [0, 0.1) is 5.92 Å². The van der Waals surface area contributed by atoms with Crippen molar-refractivity contribution in [3.8, 4) is 11.5 Å². The number of aromatic nitrogens is 1. The lowest BCUT2D eigenvalue weighted by Gasteiger charge is -2.62. The number of carbonyl (C=O) groups is 2. The van der Waals surface area contributed by atoms with Crippen LogP contribution >= 0.6 is 0 Å². The molecule has 3 aromatic rings. The van der Waals surface area contributed by atoms with Gasteiger partial charge >= 0.3 is 24.3 Å². The molecule has 1 spiro atoms. The van der Waals surface area contributed by atoms with E-state index in [9.17, 15) is 36.6 Å². The van der Waals surface area contributed by atoms with Crippen molar-refractivity contribution in [1.29, 1.82) is 0 Å². The van der Waals surface area contributed by atoms with Gasteiger partial charge < -0.3 is 41.6 Å². The van der Waals surface area contributed by atoms with Crippen LogP contribution in [0.1, 0.15) is 47.8 Å². The monoisotopic (exact) mass is 699 g/mol. The molecule has 1 saturated carbocycles. The fourth-order valence-corrected chi connectivity index (χ4v) is 7.84. The molecule has 1 saturated heterocycles. The zero-order chi connectivity index (χ0) is 35.8. The molecule has 1 aromatic heterocycles. The van der Waals surface area contributed by atoms with Gasteiger partial charge in [0.15, 0.2) is 23.6 Å². The van der Waals surface area contributed by atoms with Gasteiger partial charge in [0.25, 0.3) is 0 Å². The van der Waals surface area contributed by atoms with Gasteiger partial charge in [0.2, 0.25) is 0 Å². The molecule has 2 fully saturated rings. The number of aliphatic carboxylic acids is 2. The Morgan fingerprint density at radius 1 is 1.04 bits per heavy atom. The minimum absolute atomic E-state index is 0.0158. The number of guanidine groups is 1. The summed E-state index contributed by atoms with van der Waals surface area (Å²) in [6, 6.07) is 9.68. The number of nitrogens with one attached hydrogen (secondary N) is 1. The number of nitrogens with zero attached hydrogens (tertiary/aromatic N) is 2. The number of carboxylic acids is 2. The third-order valence-electron chi connectivity index (χ3n) is 9.89. The summed E-state index contributed by atoms with van der Waals surface area (Å²) in [6.45, 7) is 1.99. The second-order valence-corrected chi connectivity index (χ2v) is 12.8. The minimum atomic E-state index is -5.08. The Bertz CT molecular complexity index is 1850. The Morgan fingerprint density at radius 2 is 1.67 bits per heavy atom. The number of aliphatic hydroxyl groups is 1. The lowest BCUT2D eigenvalue weighted by molar-refractivity contribution is -0.193. The first kappa shape index (κ1) is 34.2. The fourth-order valence-electron chi connectivity index (χ4n) is 7.84. The minimum Gasteiger partial charge on any atom is -0.504 e. The first-order valence-electron chi connectivity index (χ1n) is 15.1. The summed E-state index contributed by atoms with van der Waals surface area (Å²) in [5.74, 6) is -4.04. The number of H-pyrrole nitrogens is 1. The normalized spacial score (nSPS) is 26.2. The van der Waals surface area contributed by atoms with E-state index in [2.05, 4.69) is 14.9 Å². The third kappa shape index (κ3) is 5.65. The van der Waals surface area contributed by atoms with E-state index in [4.69, 9.17) is 36.0 Å². The number of carboxylic acid groups (broad SMARTS) is 2. The first-order valence-corrected chi connectivity index (χ1v) is 15.1. The number of nitrogens with two attached hydrogens (primary N) is 2. The summed E-state index contributed by atoms with van der Waals surface area (Å²) in [7, 11) is 0. The number of phenols is 1. The van der Waals surface area contributed by atoms with Crippen molar-refractivity contribution in [2.45, 2.75) is 67.6 Å². The molecule has 3 aliphatic carbocycles. The van der Waals surface area contributed by atoms with E-state index in [1.54, 1.807) is 6.07 Å². The number of hydrogen-bond donors (Lipinski definition) is 7. The van der Waals surface area contributed by atoms with Crippen LogP contribution < -0.4 is 16.2 Å². The number of alkyl halides is 6. The predicted octanol–water partition coefficient (Wildman–Crippen LogP) is 3.74. The Labute approximate surface area is 273 Å². The van der Waals surface area contributed by atoms with Gasteiger partial charge in [0, 0.05) is 35.5 Å². The van der Waals surface area contributed by atoms with Crippen molar-refractivity contribution < 1.29 is 61.1 Å². The molecule has 2 aromatic carbocycles. The van der Waals surface area contributed by atoms with E-state index in [0.29, 0.717) is 17.9 Å². The van der Waals surface area contributed by atoms with Gasteiger partial charge in [0.1, 0.15) is 0 Å². The van der Waals surface area contributed by atoms with Gasteiger partial charge in [-0.1, -0.05) is 12.1 Å². The number of fused-ring (bicyclic) bond motifs is 4.